The van der Waals surface area contributed by atoms with Crippen LogP contribution in [0.5, 0.6) is 0 Å². The van der Waals surface area contributed by atoms with Crippen molar-refractivity contribution < 1.29 is 0 Å². The fraction of sp³-hybridized carbons (Fsp3) is 0.882. The SMILES string of the molecule is C1=C(NC2CCC(C3CCCC3)CC2)CCCC1. The highest BCUT2D eigenvalue weighted by Crippen LogP contribution is 2.39. The highest BCUT2D eigenvalue weighted by molar-refractivity contribution is 5.04. The average Bonchev–Trinajstić information content (AvgIpc) is 2.95. The Morgan fingerprint density at radius 1 is 0.778 bits per heavy atom. The molecule has 0 aliphatic heterocycles. The normalized spacial score (nSPS) is 34.3. The van der Waals surface area contributed by atoms with Crippen LogP contribution in [0.3, 0.4) is 0 Å². The second-order valence-electron chi connectivity index (χ2n) is 6.78. The number of rotatable bonds is 3. The van der Waals surface area contributed by atoms with E-state index >= 15 is 0 Å². The molecule has 0 aromatic rings. The van der Waals surface area contributed by atoms with Gasteiger partial charge in [0.25, 0.3) is 0 Å². The van der Waals surface area contributed by atoms with Crippen LogP contribution in [-0.4, -0.2) is 6.04 Å². The molecular weight excluding hydrogens is 218 g/mol. The molecular formula is C17H29N. The molecule has 1 nitrogen and oxygen atoms in total. The number of hydrogen-bond acceptors (Lipinski definition) is 1. The molecule has 0 radical (unpaired) electrons. The first-order valence-electron chi connectivity index (χ1n) is 8.37. The maximum absolute atomic E-state index is 3.83. The average molecular weight is 247 g/mol. The third-order valence-electron chi connectivity index (χ3n) is 5.52. The lowest BCUT2D eigenvalue weighted by molar-refractivity contribution is 0.223. The Labute approximate surface area is 112 Å². The van der Waals surface area contributed by atoms with Crippen molar-refractivity contribution in [3.05, 3.63) is 11.8 Å². The summed E-state index contributed by atoms with van der Waals surface area (Å²) in [5, 5.41) is 3.83. The zero-order chi connectivity index (χ0) is 12.2. The van der Waals surface area contributed by atoms with Crippen LogP contribution >= 0.6 is 0 Å². The van der Waals surface area contributed by atoms with E-state index in [1.54, 1.807) is 5.70 Å². The lowest BCUT2D eigenvalue weighted by Gasteiger charge is -2.34. The highest BCUT2D eigenvalue weighted by Gasteiger charge is 2.29. The van der Waals surface area contributed by atoms with Crippen LogP contribution in [0.2, 0.25) is 0 Å². The zero-order valence-corrected chi connectivity index (χ0v) is 11.8. The fourth-order valence-electron chi connectivity index (χ4n) is 4.40. The van der Waals surface area contributed by atoms with Gasteiger partial charge in [0.15, 0.2) is 0 Å². The molecule has 1 N–H and O–H groups in total. The largest absolute Gasteiger partial charge is 0.386 e. The quantitative estimate of drug-likeness (QED) is 0.756. The monoisotopic (exact) mass is 247 g/mol. The molecule has 0 unspecified atom stereocenters. The van der Waals surface area contributed by atoms with Crippen molar-refractivity contribution in [3.8, 4) is 0 Å². The molecule has 102 valence electrons. The van der Waals surface area contributed by atoms with Crippen molar-refractivity contribution in [2.45, 2.75) is 83.1 Å². The Balaban J connectivity index is 1.43. The van der Waals surface area contributed by atoms with Gasteiger partial charge in [-0.3, -0.25) is 0 Å². The van der Waals surface area contributed by atoms with Gasteiger partial charge in [0.05, 0.1) is 0 Å². The minimum absolute atomic E-state index is 0.798. The molecule has 3 aliphatic carbocycles. The second-order valence-corrected chi connectivity index (χ2v) is 6.78. The van der Waals surface area contributed by atoms with E-state index < -0.39 is 0 Å². The van der Waals surface area contributed by atoms with Crippen LogP contribution < -0.4 is 5.32 Å². The van der Waals surface area contributed by atoms with Crippen molar-refractivity contribution in [2.75, 3.05) is 0 Å². The second kappa shape index (κ2) is 6.12. The molecule has 3 aliphatic rings. The lowest BCUT2D eigenvalue weighted by Crippen LogP contribution is -2.34. The topological polar surface area (TPSA) is 12.0 Å². The van der Waals surface area contributed by atoms with Crippen LogP contribution in [0.4, 0.5) is 0 Å². The molecule has 0 aromatic carbocycles. The van der Waals surface area contributed by atoms with Crippen LogP contribution in [-0.2, 0) is 0 Å². The van der Waals surface area contributed by atoms with Gasteiger partial charge in [0.2, 0.25) is 0 Å². The number of nitrogens with one attached hydrogen (secondary N) is 1. The van der Waals surface area contributed by atoms with Gasteiger partial charge in [0.1, 0.15) is 0 Å². The molecule has 0 saturated heterocycles. The standard InChI is InChI=1S/C17H29N/c1-2-8-16(9-3-1)18-17-12-10-15(11-13-17)14-6-4-5-7-14/h8,14-15,17-18H,1-7,9-13H2. The van der Waals surface area contributed by atoms with Crippen LogP contribution in [0.25, 0.3) is 0 Å². The molecule has 0 amide bonds. The predicted molar refractivity (Wildman–Crippen MR) is 77.4 cm³/mol. The van der Waals surface area contributed by atoms with Crippen molar-refractivity contribution in [2.24, 2.45) is 11.8 Å². The first-order chi connectivity index (χ1) is 8.92. The van der Waals surface area contributed by atoms with E-state index in [0.717, 1.165) is 17.9 Å². The molecule has 1 heteroatoms. The Kier molecular flexibility index (Phi) is 4.28. The van der Waals surface area contributed by atoms with Crippen molar-refractivity contribution in [1.82, 2.24) is 5.32 Å². The van der Waals surface area contributed by atoms with E-state index in [9.17, 15) is 0 Å². The highest BCUT2D eigenvalue weighted by atomic mass is 14.9. The summed E-state index contributed by atoms with van der Waals surface area (Å²) in [6.45, 7) is 0. The first kappa shape index (κ1) is 12.6. The predicted octanol–water partition coefficient (Wildman–Crippen LogP) is 4.78. The van der Waals surface area contributed by atoms with E-state index in [1.165, 1.54) is 77.0 Å². The van der Waals surface area contributed by atoms with E-state index in [2.05, 4.69) is 11.4 Å². The van der Waals surface area contributed by atoms with Gasteiger partial charge in [0, 0.05) is 11.7 Å². The van der Waals surface area contributed by atoms with E-state index in [0.29, 0.717) is 0 Å². The minimum atomic E-state index is 0.798. The smallest absolute Gasteiger partial charge is 0.0258 e. The van der Waals surface area contributed by atoms with Gasteiger partial charge in [-0.25, -0.2) is 0 Å². The van der Waals surface area contributed by atoms with E-state index in [-0.39, 0.29) is 0 Å². The van der Waals surface area contributed by atoms with Gasteiger partial charge in [-0.05, 0) is 63.2 Å². The van der Waals surface area contributed by atoms with Crippen LogP contribution in [0.15, 0.2) is 11.8 Å². The van der Waals surface area contributed by atoms with Crippen molar-refractivity contribution in [1.29, 1.82) is 0 Å². The van der Waals surface area contributed by atoms with Gasteiger partial charge in [-0.15, -0.1) is 0 Å². The van der Waals surface area contributed by atoms with Crippen molar-refractivity contribution in [3.63, 3.8) is 0 Å². The summed E-state index contributed by atoms with van der Waals surface area (Å²) in [6.07, 6.45) is 19.8. The molecule has 0 atom stereocenters. The third kappa shape index (κ3) is 3.10. The number of hydrogen-bond donors (Lipinski definition) is 1. The first-order valence-corrected chi connectivity index (χ1v) is 8.37. The summed E-state index contributed by atoms with van der Waals surface area (Å²) in [5.41, 5.74) is 1.56. The summed E-state index contributed by atoms with van der Waals surface area (Å²) in [5.74, 6) is 2.17. The molecule has 0 aromatic heterocycles. The molecule has 0 bridgehead atoms. The van der Waals surface area contributed by atoms with Crippen LogP contribution in [0.1, 0.15) is 77.0 Å². The van der Waals surface area contributed by atoms with Crippen LogP contribution in [0, 0.1) is 11.8 Å². The zero-order valence-electron chi connectivity index (χ0n) is 11.8. The Hall–Kier alpha value is -0.460. The minimum Gasteiger partial charge on any atom is -0.386 e. The summed E-state index contributed by atoms with van der Waals surface area (Å²) in [4.78, 5) is 0. The fourth-order valence-corrected chi connectivity index (χ4v) is 4.40. The molecule has 0 heterocycles. The maximum atomic E-state index is 3.83. The van der Waals surface area contributed by atoms with Crippen molar-refractivity contribution >= 4 is 0 Å². The lowest BCUT2D eigenvalue weighted by atomic mass is 9.77. The van der Waals surface area contributed by atoms with Gasteiger partial charge < -0.3 is 5.32 Å². The van der Waals surface area contributed by atoms with E-state index in [1.807, 2.05) is 0 Å². The van der Waals surface area contributed by atoms with Gasteiger partial charge in [-0.1, -0.05) is 31.8 Å². The summed E-state index contributed by atoms with van der Waals surface area (Å²) in [7, 11) is 0. The van der Waals surface area contributed by atoms with Gasteiger partial charge in [-0.2, -0.15) is 0 Å². The molecule has 3 rings (SSSR count). The maximum Gasteiger partial charge on any atom is 0.0258 e. The van der Waals surface area contributed by atoms with E-state index in [4.69, 9.17) is 0 Å². The molecule has 2 saturated carbocycles. The van der Waals surface area contributed by atoms with Gasteiger partial charge >= 0.3 is 0 Å². The Morgan fingerprint density at radius 2 is 1.50 bits per heavy atom. The Bertz CT molecular complexity index is 280. The summed E-state index contributed by atoms with van der Waals surface area (Å²) in [6, 6.07) is 0.798. The third-order valence-corrected chi connectivity index (χ3v) is 5.52. The molecule has 18 heavy (non-hydrogen) atoms. The molecule has 0 spiro atoms. The summed E-state index contributed by atoms with van der Waals surface area (Å²) >= 11 is 0. The number of allylic oxidation sites excluding steroid dienone is 2. The molecule has 2 fully saturated rings. The summed E-state index contributed by atoms with van der Waals surface area (Å²) < 4.78 is 0. The Morgan fingerprint density at radius 3 is 2.17 bits per heavy atom.